The number of aryl methyl sites for hydroxylation is 2. The fourth-order valence-electron chi connectivity index (χ4n) is 3.93. The van der Waals surface area contributed by atoms with E-state index in [9.17, 15) is 22.4 Å². The maximum atomic E-state index is 14.5. The number of hydrogen-bond acceptors (Lipinski definition) is 5. The number of nitrogens with one attached hydrogen (secondary N) is 1. The second-order valence-electron chi connectivity index (χ2n) is 7.91. The summed E-state index contributed by atoms with van der Waals surface area (Å²) in [7, 11) is 0. The molecule has 1 fully saturated rings. The number of quaternary nitrogens is 1. The molecule has 0 spiro atoms. The standard InChI is InChI=1S/C21H20F4N6O/c1-11-8-14(9-12(2)27-11)31(13-6-7-13)18(10-17(26)32)29-20(30-31)28-16-5-3-4-15(19(16)22)21(23,24)25/h3-5,8-9,13H,6-7,10H2,1-2H3,(H2-,26,28,30,32)/p+1. The van der Waals surface area contributed by atoms with Gasteiger partial charge in [-0.3, -0.25) is 9.78 Å². The average molecular weight is 449 g/mol. The fourth-order valence-corrected chi connectivity index (χ4v) is 3.93. The van der Waals surface area contributed by atoms with Gasteiger partial charge in [0.05, 0.1) is 11.3 Å². The molecule has 2 heterocycles. The van der Waals surface area contributed by atoms with Gasteiger partial charge in [-0.25, -0.2) is 4.39 Å². The number of amides is 1. The van der Waals surface area contributed by atoms with Crippen LogP contribution < -0.4 is 15.6 Å². The van der Waals surface area contributed by atoms with E-state index in [4.69, 9.17) is 5.73 Å². The zero-order valence-corrected chi connectivity index (χ0v) is 17.4. The lowest BCUT2D eigenvalue weighted by Crippen LogP contribution is -2.51. The molecule has 2 aromatic rings. The number of carbonyl (C=O) groups excluding carboxylic acids is 1. The van der Waals surface area contributed by atoms with E-state index in [2.05, 4.69) is 20.4 Å². The van der Waals surface area contributed by atoms with Crippen molar-refractivity contribution in [3.8, 4) is 0 Å². The van der Waals surface area contributed by atoms with Gasteiger partial charge in [-0.1, -0.05) is 6.07 Å². The highest BCUT2D eigenvalue weighted by Crippen LogP contribution is 2.43. The molecule has 32 heavy (non-hydrogen) atoms. The first-order chi connectivity index (χ1) is 15.0. The monoisotopic (exact) mass is 449 g/mol. The number of aromatic nitrogens is 1. The molecule has 11 heteroatoms. The number of nitrogens with two attached hydrogens (primary N) is 1. The SMILES string of the molecule is Cc1cc([N+]2(C3CC3)N=C(Nc3cccc(C(F)(F)F)c3F)N=C2CC(N)=O)cc(C)n1. The highest BCUT2D eigenvalue weighted by Gasteiger charge is 2.55. The van der Waals surface area contributed by atoms with Gasteiger partial charge in [0, 0.05) is 36.4 Å². The van der Waals surface area contributed by atoms with E-state index in [1.54, 1.807) is 0 Å². The van der Waals surface area contributed by atoms with Gasteiger partial charge < -0.3 is 11.1 Å². The molecule has 1 aromatic heterocycles. The Bertz CT molecular complexity index is 1140. The summed E-state index contributed by atoms with van der Waals surface area (Å²) in [6.07, 6.45) is -3.46. The molecule has 3 N–H and O–H groups in total. The third-order valence-corrected chi connectivity index (χ3v) is 5.30. The molecule has 7 nitrogen and oxygen atoms in total. The molecule has 1 amide bonds. The van der Waals surface area contributed by atoms with Crippen LogP contribution in [-0.4, -0.2) is 28.7 Å². The number of hydrogen-bond donors (Lipinski definition) is 2. The molecule has 0 radical (unpaired) electrons. The Morgan fingerprint density at radius 2 is 1.88 bits per heavy atom. The number of anilines is 1. The third kappa shape index (κ3) is 3.95. The minimum atomic E-state index is -4.85. The van der Waals surface area contributed by atoms with Crippen molar-refractivity contribution in [1.29, 1.82) is 0 Å². The molecule has 1 aromatic carbocycles. The predicted octanol–water partition coefficient (Wildman–Crippen LogP) is 4.00. The molecular weight excluding hydrogens is 428 g/mol. The van der Waals surface area contributed by atoms with Crippen LogP contribution in [0.4, 0.5) is 28.9 Å². The number of carbonyl (C=O) groups is 1. The highest BCUT2D eigenvalue weighted by atomic mass is 19.4. The van der Waals surface area contributed by atoms with Gasteiger partial charge >= 0.3 is 6.18 Å². The molecule has 2 aliphatic rings. The van der Waals surface area contributed by atoms with Crippen molar-refractivity contribution in [1.82, 2.24) is 9.58 Å². The Morgan fingerprint density at radius 3 is 2.44 bits per heavy atom. The first-order valence-corrected chi connectivity index (χ1v) is 9.94. The molecule has 168 valence electrons. The molecular formula is C21H21F4N6O+. The van der Waals surface area contributed by atoms with Crippen molar-refractivity contribution in [3.63, 3.8) is 0 Å². The van der Waals surface area contributed by atoms with Gasteiger partial charge in [-0.05, 0) is 31.1 Å². The van der Waals surface area contributed by atoms with Crippen LogP contribution in [0.5, 0.6) is 0 Å². The van der Waals surface area contributed by atoms with Crippen LogP contribution in [0.1, 0.15) is 36.2 Å². The second-order valence-corrected chi connectivity index (χ2v) is 7.91. The molecule has 1 aliphatic carbocycles. The Hall–Kier alpha value is -3.34. The maximum absolute atomic E-state index is 14.5. The first kappa shape index (κ1) is 21.9. The summed E-state index contributed by atoms with van der Waals surface area (Å²) in [5.41, 5.74) is 5.80. The van der Waals surface area contributed by atoms with Crippen molar-refractivity contribution in [2.75, 3.05) is 5.32 Å². The van der Waals surface area contributed by atoms with Crippen LogP contribution in [0.2, 0.25) is 0 Å². The summed E-state index contributed by atoms with van der Waals surface area (Å²) < 4.78 is 53.7. The van der Waals surface area contributed by atoms with Crippen molar-refractivity contribution < 1.29 is 22.4 Å². The van der Waals surface area contributed by atoms with Crippen LogP contribution >= 0.6 is 0 Å². The molecule has 1 aliphatic heterocycles. The number of nitrogens with zero attached hydrogens (tertiary/aromatic N) is 4. The van der Waals surface area contributed by atoms with E-state index < -0.39 is 29.2 Å². The summed E-state index contributed by atoms with van der Waals surface area (Å²) >= 11 is 0. The van der Waals surface area contributed by atoms with Gasteiger partial charge in [-0.2, -0.15) is 18.2 Å². The number of guanidine groups is 1. The Kier molecular flexibility index (Phi) is 5.24. The normalized spacial score (nSPS) is 20.7. The third-order valence-electron chi connectivity index (χ3n) is 5.30. The van der Waals surface area contributed by atoms with E-state index in [-0.39, 0.29) is 23.0 Å². The minimum Gasteiger partial charge on any atom is -0.369 e. The minimum absolute atomic E-state index is 0.0278. The zero-order valence-electron chi connectivity index (χ0n) is 17.4. The lowest BCUT2D eigenvalue weighted by molar-refractivity contribution is -0.139. The predicted molar refractivity (Wildman–Crippen MR) is 112 cm³/mol. The fraction of sp³-hybridized carbons (Fsp3) is 0.333. The molecule has 1 saturated carbocycles. The summed E-state index contributed by atoms with van der Waals surface area (Å²) in [4.78, 5) is 20.5. The Balaban J connectivity index is 1.81. The number of rotatable bonds is 5. The molecule has 0 bridgehead atoms. The van der Waals surface area contributed by atoms with Crippen LogP contribution in [0.3, 0.4) is 0 Å². The summed E-state index contributed by atoms with van der Waals surface area (Å²) in [6.45, 7) is 3.64. The van der Waals surface area contributed by atoms with Crippen molar-refractivity contribution in [2.24, 2.45) is 15.8 Å². The van der Waals surface area contributed by atoms with Gasteiger partial charge in [0.15, 0.2) is 11.5 Å². The molecule has 1 unspecified atom stereocenters. The summed E-state index contributed by atoms with van der Waals surface area (Å²) in [5.74, 6) is -1.86. The van der Waals surface area contributed by atoms with Gasteiger partial charge in [0.25, 0.3) is 5.96 Å². The van der Waals surface area contributed by atoms with E-state index in [1.165, 1.54) is 6.07 Å². The summed E-state index contributed by atoms with van der Waals surface area (Å²) in [5, 5.41) is 7.22. The molecule has 1 atom stereocenters. The smallest absolute Gasteiger partial charge is 0.369 e. The average Bonchev–Trinajstić information content (AvgIpc) is 3.45. The van der Waals surface area contributed by atoms with Crippen LogP contribution in [0.15, 0.2) is 40.4 Å². The number of aliphatic imine (C=N–C) groups is 1. The van der Waals surface area contributed by atoms with Crippen molar-refractivity contribution >= 4 is 29.1 Å². The Labute approximate surface area is 181 Å². The number of primary amides is 1. The van der Waals surface area contributed by atoms with Crippen LogP contribution in [0.25, 0.3) is 0 Å². The van der Waals surface area contributed by atoms with Crippen LogP contribution in [-0.2, 0) is 11.0 Å². The first-order valence-electron chi connectivity index (χ1n) is 9.94. The van der Waals surface area contributed by atoms with E-state index in [0.29, 0.717) is 17.6 Å². The quantitative estimate of drug-likeness (QED) is 0.534. The van der Waals surface area contributed by atoms with Crippen molar-refractivity contribution in [2.45, 2.75) is 45.3 Å². The number of pyridine rings is 1. The van der Waals surface area contributed by atoms with E-state index in [0.717, 1.165) is 30.3 Å². The van der Waals surface area contributed by atoms with Gasteiger partial charge in [0.1, 0.15) is 12.5 Å². The number of halogens is 4. The summed E-state index contributed by atoms with van der Waals surface area (Å²) in [6, 6.07) is 6.53. The van der Waals surface area contributed by atoms with E-state index in [1.807, 2.05) is 26.0 Å². The number of benzene rings is 1. The maximum Gasteiger partial charge on any atom is 0.419 e. The lowest BCUT2D eigenvalue weighted by Gasteiger charge is -2.28. The second kappa shape index (κ2) is 7.66. The van der Waals surface area contributed by atoms with Crippen molar-refractivity contribution in [3.05, 3.63) is 53.1 Å². The highest BCUT2D eigenvalue weighted by molar-refractivity contribution is 6.15. The number of alkyl halides is 3. The van der Waals surface area contributed by atoms with E-state index >= 15 is 0 Å². The molecule has 0 saturated heterocycles. The lowest BCUT2D eigenvalue weighted by atomic mass is 10.2. The Morgan fingerprint density at radius 1 is 1.22 bits per heavy atom. The largest absolute Gasteiger partial charge is 0.419 e. The molecule has 4 rings (SSSR count). The number of amidine groups is 1. The zero-order chi connectivity index (χ0) is 23.3. The topological polar surface area (TPSA) is 92.7 Å². The van der Waals surface area contributed by atoms with Crippen LogP contribution in [0, 0.1) is 19.7 Å². The van der Waals surface area contributed by atoms with Gasteiger partial charge in [0.2, 0.25) is 11.7 Å². The van der Waals surface area contributed by atoms with Gasteiger partial charge in [-0.15, -0.1) is 4.59 Å².